The third-order valence-electron chi connectivity index (χ3n) is 2.35. The Labute approximate surface area is 98.3 Å². The zero-order valence-electron chi connectivity index (χ0n) is 8.96. The molecule has 0 heterocycles. The molecular weight excluding hydrogens is 216 g/mol. The zero-order chi connectivity index (χ0) is 12.1. The normalized spacial score (nSPS) is 9.65. The molecule has 0 aromatic heterocycles. The molecule has 0 fully saturated rings. The highest BCUT2D eigenvalue weighted by Crippen LogP contribution is 2.27. The van der Waals surface area contributed by atoms with Crippen molar-refractivity contribution in [1.82, 2.24) is 0 Å². The third-order valence-corrected chi connectivity index (χ3v) is 2.35. The number of hydrogen-bond donors (Lipinski definition) is 1. The highest BCUT2D eigenvalue weighted by molar-refractivity contribution is 5.92. The molecular formula is C13H10N2O2. The Morgan fingerprint density at radius 1 is 1.00 bits per heavy atom. The Balaban J connectivity index is 2.39. The number of aldehydes is 1. The van der Waals surface area contributed by atoms with Gasteiger partial charge in [0.15, 0.2) is 6.29 Å². The van der Waals surface area contributed by atoms with Crippen molar-refractivity contribution in [3.8, 4) is 0 Å². The Bertz CT molecular complexity index is 538. The molecule has 0 aliphatic heterocycles. The van der Waals surface area contributed by atoms with Crippen molar-refractivity contribution in [3.63, 3.8) is 0 Å². The number of anilines is 2. The first kappa shape index (κ1) is 11.0. The summed E-state index contributed by atoms with van der Waals surface area (Å²) in [6, 6.07) is 14.3. The second kappa shape index (κ2) is 5.03. The second-order valence-corrected chi connectivity index (χ2v) is 3.44. The lowest BCUT2D eigenvalue weighted by atomic mass is 10.1. The molecule has 2 aromatic rings. The predicted molar refractivity (Wildman–Crippen MR) is 67.0 cm³/mol. The van der Waals surface area contributed by atoms with Crippen LogP contribution in [0.1, 0.15) is 10.4 Å². The average Bonchev–Trinajstić information content (AvgIpc) is 2.39. The van der Waals surface area contributed by atoms with Crippen LogP contribution in [0.15, 0.2) is 53.7 Å². The second-order valence-electron chi connectivity index (χ2n) is 3.44. The minimum absolute atomic E-state index is 0.140. The molecule has 17 heavy (non-hydrogen) atoms. The summed E-state index contributed by atoms with van der Waals surface area (Å²) in [6.07, 6.45) is 0.627. The number of nitroso groups, excluding NO2 is 1. The largest absolute Gasteiger partial charge is 0.355 e. The predicted octanol–water partition coefficient (Wildman–Crippen LogP) is 3.64. The number of rotatable bonds is 4. The zero-order valence-corrected chi connectivity index (χ0v) is 8.96. The van der Waals surface area contributed by atoms with E-state index in [9.17, 15) is 9.70 Å². The first-order valence-electron chi connectivity index (χ1n) is 5.09. The molecule has 0 atom stereocenters. The first-order valence-corrected chi connectivity index (χ1v) is 5.09. The van der Waals surface area contributed by atoms with Gasteiger partial charge in [-0.2, -0.15) is 0 Å². The molecule has 0 aliphatic rings. The van der Waals surface area contributed by atoms with Crippen LogP contribution in [0.25, 0.3) is 0 Å². The van der Waals surface area contributed by atoms with Gasteiger partial charge in [-0.05, 0) is 29.4 Å². The number of hydrogen-bond acceptors (Lipinski definition) is 4. The topological polar surface area (TPSA) is 58.5 Å². The van der Waals surface area contributed by atoms with E-state index in [1.807, 2.05) is 30.3 Å². The maximum atomic E-state index is 11.0. The minimum Gasteiger partial charge on any atom is -0.355 e. The number of benzene rings is 2. The van der Waals surface area contributed by atoms with Crippen LogP contribution in [0, 0.1) is 4.91 Å². The van der Waals surface area contributed by atoms with Crippen LogP contribution in [-0.2, 0) is 0 Å². The standard InChI is InChI=1S/C13H10N2O2/c16-9-11-12(7-4-8-13(11)15-17)14-10-5-2-1-3-6-10/h1-9,14H. The Hall–Kier alpha value is -2.49. The molecule has 0 saturated carbocycles. The number of nitrogens with zero attached hydrogens (tertiary/aromatic N) is 1. The molecule has 0 radical (unpaired) electrons. The van der Waals surface area contributed by atoms with E-state index in [0.29, 0.717) is 12.0 Å². The molecule has 1 N–H and O–H groups in total. The van der Waals surface area contributed by atoms with Crippen LogP contribution in [-0.4, -0.2) is 6.29 Å². The fourth-order valence-electron chi connectivity index (χ4n) is 1.54. The summed E-state index contributed by atoms with van der Waals surface area (Å²) in [5.41, 5.74) is 1.83. The van der Waals surface area contributed by atoms with E-state index >= 15 is 0 Å². The molecule has 0 unspecified atom stereocenters. The summed E-state index contributed by atoms with van der Waals surface area (Å²) in [6.45, 7) is 0. The average molecular weight is 226 g/mol. The third kappa shape index (κ3) is 2.36. The lowest BCUT2D eigenvalue weighted by molar-refractivity contribution is 0.112. The van der Waals surface area contributed by atoms with Crippen molar-refractivity contribution in [1.29, 1.82) is 0 Å². The molecule has 0 bridgehead atoms. The van der Waals surface area contributed by atoms with Crippen LogP contribution in [0.4, 0.5) is 17.1 Å². The van der Waals surface area contributed by atoms with Crippen LogP contribution >= 0.6 is 0 Å². The summed E-state index contributed by atoms with van der Waals surface area (Å²) < 4.78 is 0. The highest BCUT2D eigenvalue weighted by atomic mass is 16.3. The van der Waals surface area contributed by atoms with E-state index in [-0.39, 0.29) is 11.3 Å². The first-order chi connectivity index (χ1) is 8.35. The van der Waals surface area contributed by atoms with E-state index in [1.54, 1.807) is 12.1 Å². The summed E-state index contributed by atoms with van der Waals surface area (Å²) in [7, 11) is 0. The SMILES string of the molecule is O=Cc1c(N=O)cccc1Nc1ccccc1. The smallest absolute Gasteiger partial charge is 0.154 e. The maximum absolute atomic E-state index is 11.0. The Morgan fingerprint density at radius 3 is 2.41 bits per heavy atom. The van der Waals surface area contributed by atoms with Gasteiger partial charge in [0.25, 0.3) is 0 Å². The molecule has 0 spiro atoms. The summed E-state index contributed by atoms with van der Waals surface area (Å²) in [4.78, 5) is 21.5. The molecule has 0 saturated heterocycles. The Kier molecular flexibility index (Phi) is 3.25. The van der Waals surface area contributed by atoms with Crippen LogP contribution < -0.4 is 5.32 Å². The fourth-order valence-corrected chi connectivity index (χ4v) is 1.54. The molecule has 0 amide bonds. The van der Waals surface area contributed by atoms with Crippen molar-refractivity contribution in [2.45, 2.75) is 0 Å². The van der Waals surface area contributed by atoms with Crippen molar-refractivity contribution in [2.75, 3.05) is 5.32 Å². The van der Waals surface area contributed by atoms with Crippen LogP contribution in [0.5, 0.6) is 0 Å². The van der Waals surface area contributed by atoms with Gasteiger partial charge in [0.05, 0.1) is 11.3 Å². The van der Waals surface area contributed by atoms with Gasteiger partial charge in [-0.15, -0.1) is 4.91 Å². The van der Waals surface area contributed by atoms with Crippen molar-refractivity contribution in [2.24, 2.45) is 5.18 Å². The highest BCUT2D eigenvalue weighted by Gasteiger charge is 2.07. The number of nitrogens with one attached hydrogen (secondary N) is 1. The number of carbonyl (C=O) groups is 1. The van der Waals surface area contributed by atoms with E-state index in [2.05, 4.69) is 10.5 Å². The van der Waals surface area contributed by atoms with Crippen molar-refractivity contribution in [3.05, 3.63) is 59.0 Å². The van der Waals surface area contributed by atoms with Crippen LogP contribution in [0.2, 0.25) is 0 Å². The Morgan fingerprint density at radius 2 is 1.76 bits per heavy atom. The van der Waals surface area contributed by atoms with Gasteiger partial charge in [0.1, 0.15) is 5.69 Å². The van der Waals surface area contributed by atoms with Crippen molar-refractivity contribution >= 4 is 23.3 Å². The van der Waals surface area contributed by atoms with E-state index in [0.717, 1.165) is 5.69 Å². The van der Waals surface area contributed by atoms with Gasteiger partial charge in [-0.1, -0.05) is 24.3 Å². The van der Waals surface area contributed by atoms with Crippen molar-refractivity contribution < 1.29 is 4.79 Å². The van der Waals surface area contributed by atoms with Gasteiger partial charge in [0.2, 0.25) is 0 Å². The lowest BCUT2D eigenvalue weighted by Gasteiger charge is -2.09. The molecule has 0 aliphatic carbocycles. The summed E-state index contributed by atoms with van der Waals surface area (Å²) in [5.74, 6) is 0. The minimum atomic E-state index is 0.140. The number of carbonyl (C=O) groups excluding carboxylic acids is 1. The fraction of sp³-hybridized carbons (Fsp3) is 0. The van der Waals surface area contributed by atoms with Gasteiger partial charge in [0, 0.05) is 5.69 Å². The summed E-state index contributed by atoms with van der Waals surface area (Å²) >= 11 is 0. The van der Waals surface area contributed by atoms with E-state index in [1.165, 1.54) is 6.07 Å². The molecule has 2 aromatic carbocycles. The summed E-state index contributed by atoms with van der Waals surface area (Å²) in [5, 5.41) is 5.89. The van der Waals surface area contributed by atoms with Gasteiger partial charge in [-0.25, -0.2) is 0 Å². The van der Waals surface area contributed by atoms with Gasteiger partial charge >= 0.3 is 0 Å². The molecule has 4 nitrogen and oxygen atoms in total. The van der Waals surface area contributed by atoms with Gasteiger partial charge in [-0.3, -0.25) is 4.79 Å². The van der Waals surface area contributed by atoms with E-state index in [4.69, 9.17) is 0 Å². The monoisotopic (exact) mass is 226 g/mol. The van der Waals surface area contributed by atoms with E-state index < -0.39 is 0 Å². The van der Waals surface area contributed by atoms with Gasteiger partial charge < -0.3 is 5.32 Å². The molecule has 2 rings (SSSR count). The molecule has 84 valence electrons. The number of para-hydroxylation sites is 1. The maximum Gasteiger partial charge on any atom is 0.154 e. The lowest BCUT2D eigenvalue weighted by Crippen LogP contribution is -1.95. The van der Waals surface area contributed by atoms with Crippen LogP contribution in [0.3, 0.4) is 0 Å². The molecule has 4 heteroatoms. The quantitative estimate of drug-likeness (QED) is 0.639.